The molecule has 0 aromatic carbocycles. The lowest BCUT2D eigenvalue weighted by Crippen LogP contribution is -2.26. The Labute approximate surface area is 70.5 Å². The molecule has 2 N–H and O–H groups in total. The molecule has 0 aromatic rings. The van der Waals surface area contributed by atoms with Crippen LogP contribution in [-0.4, -0.2) is 37.7 Å². The molecular weight excluding hydrogens is 160 g/mol. The van der Waals surface area contributed by atoms with Crippen LogP contribution < -0.4 is 5.73 Å². The van der Waals surface area contributed by atoms with Crippen molar-refractivity contribution in [3.05, 3.63) is 0 Å². The number of esters is 1. The van der Waals surface area contributed by atoms with E-state index in [1.54, 1.807) is 6.92 Å². The predicted molar refractivity (Wildman–Crippen MR) is 42.8 cm³/mol. The largest absolute Gasteiger partial charge is 0.477 e. The van der Waals surface area contributed by atoms with Gasteiger partial charge in [-0.2, -0.15) is 0 Å². The number of nitrogens with zero attached hydrogens (tertiary/aromatic N) is 1. The number of carbonyl (C=O) groups is 1. The summed E-state index contributed by atoms with van der Waals surface area (Å²) >= 11 is 0. The minimum atomic E-state index is -0.531. The van der Waals surface area contributed by atoms with E-state index in [0.717, 1.165) is 0 Å². The zero-order valence-corrected chi connectivity index (χ0v) is 7.11. The van der Waals surface area contributed by atoms with Crippen molar-refractivity contribution in [2.45, 2.75) is 19.0 Å². The van der Waals surface area contributed by atoms with Gasteiger partial charge in [0.15, 0.2) is 6.04 Å². The summed E-state index contributed by atoms with van der Waals surface area (Å²) in [7, 11) is 1.32. The Morgan fingerprint density at radius 1 is 1.92 bits per heavy atom. The van der Waals surface area contributed by atoms with E-state index >= 15 is 0 Å². The number of methoxy groups -OCH3 is 1. The molecule has 0 spiro atoms. The van der Waals surface area contributed by atoms with Gasteiger partial charge < -0.3 is 15.2 Å². The normalized spacial score (nSPS) is 24.2. The van der Waals surface area contributed by atoms with Crippen molar-refractivity contribution < 1.29 is 14.3 Å². The Hall–Kier alpha value is -1.10. The summed E-state index contributed by atoms with van der Waals surface area (Å²) < 4.78 is 9.57. The molecule has 68 valence electrons. The van der Waals surface area contributed by atoms with Gasteiger partial charge in [0.2, 0.25) is 5.90 Å². The van der Waals surface area contributed by atoms with Crippen molar-refractivity contribution in [1.82, 2.24) is 0 Å². The van der Waals surface area contributed by atoms with Crippen LogP contribution in [0, 0.1) is 0 Å². The maximum Gasteiger partial charge on any atom is 0.334 e. The lowest BCUT2D eigenvalue weighted by Gasteiger charge is -2.02. The lowest BCUT2D eigenvalue weighted by atomic mass is 10.3. The molecule has 5 nitrogen and oxygen atoms in total. The molecule has 0 bridgehead atoms. The second-order valence-corrected chi connectivity index (χ2v) is 2.61. The molecule has 0 fully saturated rings. The number of rotatable bonds is 2. The summed E-state index contributed by atoms with van der Waals surface area (Å²) in [6.45, 7) is 1.99. The number of ether oxygens (including phenoxy) is 2. The maximum atomic E-state index is 10.9. The Morgan fingerprint density at radius 2 is 2.58 bits per heavy atom. The van der Waals surface area contributed by atoms with Crippen molar-refractivity contribution in [2.75, 3.05) is 13.7 Å². The fraction of sp³-hybridized carbons (Fsp3) is 0.714. The summed E-state index contributed by atoms with van der Waals surface area (Å²) in [4.78, 5) is 14.9. The summed E-state index contributed by atoms with van der Waals surface area (Å²) in [5.74, 6) is 0.0380. The molecule has 5 heteroatoms. The standard InChI is InChI=1S/C7H12N2O3/c1-4(8)6-9-5(3-12-6)7(10)11-2/h4-5H,3,8H2,1-2H3. The molecule has 0 saturated heterocycles. The SMILES string of the molecule is COC(=O)C1COC(C(C)N)=N1. The summed E-state index contributed by atoms with van der Waals surface area (Å²) in [5, 5.41) is 0. The molecular formula is C7H12N2O3. The fourth-order valence-electron chi connectivity index (χ4n) is 0.898. The summed E-state index contributed by atoms with van der Waals surface area (Å²) in [6.07, 6.45) is 0. The van der Waals surface area contributed by atoms with E-state index in [0.29, 0.717) is 5.90 Å². The smallest absolute Gasteiger partial charge is 0.334 e. The second kappa shape index (κ2) is 3.53. The van der Waals surface area contributed by atoms with Crippen LogP contribution in [0.5, 0.6) is 0 Å². The molecule has 0 saturated carbocycles. The van der Waals surface area contributed by atoms with Crippen LogP contribution in [0.1, 0.15) is 6.92 Å². The number of carbonyl (C=O) groups excluding carboxylic acids is 1. The van der Waals surface area contributed by atoms with Crippen LogP contribution in [0.15, 0.2) is 4.99 Å². The summed E-state index contributed by atoms with van der Waals surface area (Å²) in [5.41, 5.74) is 5.49. The lowest BCUT2D eigenvalue weighted by molar-refractivity contribution is -0.142. The molecule has 1 rings (SSSR count). The molecule has 0 amide bonds. The third kappa shape index (κ3) is 1.73. The van der Waals surface area contributed by atoms with E-state index in [-0.39, 0.29) is 18.6 Å². The van der Waals surface area contributed by atoms with Gasteiger partial charge in [-0.05, 0) is 6.92 Å². The molecule has 1 heterocycles. The van der Waals surface area contributed by atoms with E-state index in [1.165, 1.54) is 7.11 Å². The molecule has 2 atom stereocenters. The molecule has 1 aliphatic rings. The zero-order valence-electron chi connectivity index (χ0n) is 7.11. The highest BCUT2D eigenvalue weighted by Crippen LogP contribution is 2.07. The molecule has 2 unspecified atom stereocenters. The Morgan fingerprint density at radius 3 is 3.00 bits per heavy atom. The average Bonchev–Trinajstić information content (AvgIpc) is 2.51. The quantitative estimate of drug-likeness (QED) is 0.559. The van der Waals surface area contributed by atoms with Gasteiger partial charge in [-0.15, -0.1) is 0 Å². The van der Waals surface area contributed by atoms with Crippen LogP contribution in [-0.2, 0) is 14.3 Å². The first kappa shape index (κ1) is 8.99. The van der Waals surface area contributed by atoms with Crippen molar-refractivity contribution in [1.29, 1.82) is 0 Å². The first-order valence-corrected chi connectivity index (χ1v) is 3.69. The highest BCUT2D eigenvalue weighted by atomic mass is 16.5. The number of hydrogen-bond donors (Lipinski definition) is 1. The monoisotopic (exact) mass is 172 g/mol. The van der Waals surface area contributed by atoms with E-state index in [2.05, 4.69) is 9.73 Å². The number of nitrogens with two attached hydrogens (primary N) is 1. The van der Waals surface area contributed by atoms with Gasteiger partial charge in [-0.3, -0.25) is 0 Å². The fourth-order valence-corrected chi connectivity index (χ4v) is 0.898. The topological polar surface area (TPSA) is 73.9 Å². The predicted octanol–water partition coefficient (Wildman–Crippen LogP) is -0.696. The molecule has 12 heavy (non-hydrogen) atoms. The minimum absolute atomic E-state index is 0.240. The highest BCUT2D eigenvalue weighted by molar-refractivity contribution is 5.88. The van der Waals surface area contributed by atoms with Gasteiger partial charge in [0.1, 0.15) is 6.61 Å². The van der Waals surface area contributed by atoms with Gasteiger partial charge in [-0.25, -0.2) is 9.79 Å². The zero-order chi connectivity index (χ0) is 9.14. The minimum Gasteiger partial charge on any atom is -0.477 e. The van der Waals surface area contributed by atoms with Gasteiger partial charge in [-0.1, -0.05) is 0 Å². The third-order valence-corrected chi connectivity index (χ3v) is 1.53. The van der Waals surface area contributed by atoms with Gasteiger partial charge in [0.25, 0.3) is 0 Å². The van der Waals surface area contributed by atoms with Gasteiger partial charge >= 0.3 is 5.97 Å². The Balaban J connectivity index is 2.58. The first-order chi connectivity index (χ1) is 5.65. The van der Waals surface area contributed by atoms with Gasteiger partial charge in [0.05, 0.1) is 13.2 Å². The van der Waals surface area contributed by atoms with Crippen LogP contribution in [0.4, 0.5) is 0 Å². The third-order valence-electron chi connectivity index (χ3n) is 1.53. The average molecular weight is 172 g/mol. The Bertz CT molecular complexity index is 213. The van der Waals surface area contributed by atoms with Crippen LogP contribution in [0.3, 0.4) is 0 Å². The van der Waals surface area contributed by atoms with E-state index in [4.69, 9.17) is 10.5 Å². The van der Waals surface area contributed by atoms with E-state index < -0.39 is 6.04 Å². The molecule has 1 aliphatic heterocycles. The van der Waals surface area contributed by atoms with E-state index in [1.807, 2.05) is 0 Å². The second-order valence-electron chi connectivity index (χ2n) is 2.61. The van der Waals surface area contributed by atoms with Crippen LogP contribution in [0.2, 0.25) is 0 Å². The van der Waals surface area contributed by atoms with Crippen molar-refractivity contribution in [2.24, 2.45) is 10.7 Å². The first-order valence-electron chi connectivity index (χ1n) is 3.69. The molecule has 0 aromatic heterocycles. The molecule has 0 aliphatic carbocycles. The van der Waals surface area contributed by atoms with E-state index in [9.17, 15) is 4.79 Å². The van der Waals surface area contributed by atoms with Gasteiger partial charge in [0, 0.05) is 0 Å². The van der Waals surface area contributed by atoms with Crippen LogP contribution in [0.25, 0.3) is 0 Å². The number of hydrogen-bond acceptors (Lipinski definition) is 5. The van der Waals surface area contributed by atoms with Crippen molar-refractivity contribution >= 4 is 11.9 Å². The number of aliphatic imine (C=N–C) groups is 1. The summed E-state index contributed by atoms with van der Waals surface area (Å²) in [6, 6.07) is -0.796. The molecule has 0 radical (unpaired) electrons. The van der Waals surface area contributed by atoms with Crippen molar-refractivity contribution in [3.63, 3.8) is 0 Å². The maximum absolute atomic E-state index is 10.9. The Kier molecular flexibility index (Phi) is 2.65. The highest BCUT2D eigenvalue weighted by Gasteiger charge is 2.27. The van der Waals surface area contributed by atoms with Crippen molar-refractivity contribution in [3.8, 4) is 0 Å². The van der Waals surface area contributed by atoms with Crippen LogP contribution >= 0.6 is 0 Å².